The maximum atomic E-state index is 14.8. The van der Waals surface area contributed by atoms with Gasteiger partial charge in [0.25, 0.3) is 0 Å². The zero-order chi connectivity index (χ0) is 24.1. The number of nitrogens with zero attached hydrogens (tertiary/aromatic N) is 6. The van der Waals surface area contributed by atoms with Crippen LogP contribution in [0, 0.1) is 0 Å². The predicted octanol–water partition coefficient (Wildman–Crippen LogP) is 0.724. The molecule has 0 spiro atoms. The van der Waals surface area contributed by atoms with Crippen LogP contribution in [0.15, 0.2) is 30.6 Å². The van der Waals surface area contributed by atoms with Crippen molar-refractivity contribution in [2.24, 2.45) is 0 Å². The first kappa shape index (κ1) is 25.0. The van der Waals surface area contributed by atoms with Crippen LogP contribution in [-0.4, -0.2) is 115 Å². The summed E-state index contributed by atoms with van der Waals surface area (Å²) in [7, 11) is 3.71. The van der Waals surface area contributed by atoms with Gasteiger partial charge < -0.3 is 9.74 Å². The standard InChI is InChI=1S/C22H30FN8O2.Pb/c1-29-12-7-16(8-13-29)28-33-20-6-11-25-21(27-20)31-14-9-17(23)18(15-31)30(2)22(32)26-19-5-3-4-10-24-19;/h3,5-6,10-11,16-18,28H,7-9,12-15H2,1-2H3,(H,24,26,32);. The van der Waals surface area contributed by atoms with E-state index >= 15 is 0 Å². The molecule has 2 unspecified atom stereocenters. The Morgan fingerprint density at radius 1 is 1.21 bits per heavy atom. The van der Waals surface area contributed by atoms with Crippen LogP contribution in [0.1, 0.15) is 19.3 Å². The fourth-order valence-electron chi connectivity index (χ4n) is 4.08. The first-order valence-corrected chi connectivity index (χ1v) is 13.4. The van der Waals surface area contributed by atoms with Gasteiger partial charge >= 0.3 is 143 Å². The van der Waals surface area contributed by atoms with Crippen LogP contribution in [0.5, 0.6) is 5.88 Å². The number of hydroxylamine groups is 1. The molecule has 2 saturated heterocycles. The molecule has 0 aliphatic carbocycles. The molecule has 0 aromatic carbocycles. The third-order valence-electron chi connectivity index (χ3n) is 6.26. The number of aromatic nitrogens is 3. The molecule has 181 valence electrons. The average molecular weight is 665 g/mol. The van der Waals surface area contributed by atoms with Crippen LogP contribution >= 0.6 is 0 Å². The number of alkyl halides is 1. The Labute approximate surface area is 214 Å². The van der Waals surface area contributed by atoms with Crippen molar-refractivity contribution in [3.05, 3.63) is 30.6 Å². The van der Waals surface area contributed by atoms with Gasteiger partial charge in [0.15, 0.2) is 0 Å². The van der Waals surface area contributed by atoms with Crippen molar-refractivity contribution < 1.29 is 14.0 Å². The number of piperidine rings is 2. The Bertz CT molecular complexity index is 960. The van der Waals surface area contributed by atoms with Gasteiger partial charge in [-0.2, -0.15) is 5.48 Å². The zero-order valence-corrected chi connectivity index (χ0v) is 23.3. The Kier molecular flexibility index (Phi) is 8.47. The van der Waals surface area contributed by atoms with E-state index in [1.54, 1.807) is 31.6 Å². The van der Waals surface area contributed by atoms with E-state index in [2.05, 4.69) is 37.7 Å². The third-order valence-corrected chi connectivity index (χ3v) is 7.41. The molecule has 0 bridgehead atoms. The van der Waals surface area contributed by atoms with Crippen molar-refractivity contribution in [3.63, 3.8) is 0 Å². The molecule has 2 aromatic rings. The molecule has 2 aliphatic heterocycles. The van der Waals surface area contributed by atoms with E-state index in [1.165, 1.54) is 4.90 Å². The van der Waals surface area contributed by atoms with Crippen LogP contribution < -0.4 is 23.7 Å². The summed E-state index contributed by atoms with van der Waals surface area (Å²) < 4.78 is 16.0. The van der Waals surface area contributed by atoms with E-state index in [0.29, 0.717) is 24.2 Å². The number of nitrogens with one attached hydrogen (secondary N) is 2. The Hall–Kier alpha value is -2.13. The number of rotatable bonds is 6. The van der Waals surface area contributed by atoms with Crippen LogP contribution in [0.25, 0.3) is 0 Å². The monoisotopic (exact) mass is 665 g/mol. The normalized spacial score (nSPS) is 21.8. The van der Waals surface area contributed by atoms with Crippen molar-refractivity contribution in [1.29, 1.82) is 0 Å². The summed E-state index contributed by atoms with van der Waals surface area (Å²) in [6, 6.07) is 4.61. The minimum atomic E-state index is -1.14. The molecule has 4 heterocycles. The van der Waals surface area contributed by atoms with E-state index in [4.69, 9.17) is 4.84 Å². The van der Waals surface area contributed by atoms with E-state index in [9.17, 15) is 9.18 Å². The topological polar surface area (TPSA) is 98.8 Å². The van der Waals surface area contributed by atoms with E-state index < -0.39 is 18.2 Å². The number of pyridine rings is 1. The van der Waals surface area contributed by atoms with Crippen molar-refractivity contribution in [2.75, 3.05) is 50.5 Å². The van der Waals surface area contributed by atoms with Crippen molar-refractivity contribution in [3.8, 4) is 5.88 Å². The summed E-state index contributed by atoms with van der Waals surface area (Å²) >= 11 is 0.888. The summed E-state index contributed by atoms with van der Waals surface area (Å²) in [5.41, 5.74) is 3.10. The molecular weight excluding hydrogens is 634 g/mol. The minimum absolute atomic E-state index is 0.276. The predicted molar refractivity (Wildman–Crippen MR) is 128 cm³/mol. The Balaban J connectivity index is 1.36. The third kappa shape index (κ3) is 6.50. The molecule has 2 atom stereocenters. The number of amides is 2. The molecule has 2 aromatic heterocycles. The first-order valence-electron chi connectivity index (χ1n) is 11.4. The van der Waals surface area contributed by atoms with Crippen LogP contribution in [0.4, 0.5) is 21.0 Å². The van der Waals surface area contributed by atoms with Crippen LogP contribution in [-0.2, 0) is 0 Å². The number of hydrogen-bond donors (Lipinski definition) is 2. The summed E-state index contributed by atoms with van der Waals surface area (Å²) in [4.78, 5) is 37.1. The number of likely N-dealkylation sites (tertiary alicyclic amines) is 1. The number of carbonyl (C=O) groups excluding carboxylic acids is 1. The minimum Gasteiger partial charge on any atom is -0.0216 e. The molecule has 2 amide bonds. The molecule has 2 fully saturated rings. The number of anilines is 2. The van der Waals surface area contributed by atoms with Gasteiger partial charge in [0.05, 0.1) is 0 Å². The zero-order valence-electron chi connectivity index (χ0n) is 19.4. The second-order valence-electron chi connectivity index (χ2n) is 8.78. The quantitative estimate of drug-likeness (QED) is 0.345. The van der Waals surface area contributed by atoms with Gasteiger partial charge in [-0.1, -0.05) is 0 Å². The van der Waals surface area contributed by atoms with Crippen molar-refractivity contribution >= 4 is 46.7 Å². The SMILES string of the molecule is CN1CCC(NOc2ccnc(N3CCC(F)C(N(C)C(=O)Nc4cc[c]([Pb])cn4)C3)n2)CC1. The average Bonchev–Trinajstić information content (AvgIpc) is 2.85. The number of likely N-dealkylation sites (N-methyl/N-ethyl adjacent to an activating group) is 1. The van der Waals surface area contributed by atoms with Gasteiger partial charge in [0, 0.05) is 18.3 Å². The molecule has 12 heteroatoms. The van der Waals surface area contributed by atoms with Gasteiger partial charge in [-0.3, -0.25) is 0 Å². The second kappa shape index (κ2) is 11.5. The molecular formula is C22H30FN8O2Pb. The number of urea groups is 1. The van der Waals surface area contributed by atoms with Gasteiger partial charge in [0.2, 0.25) is 5.88 Å². The maximum absolute atomic E-state index is 14.8. The molecule has 2 aliphatic rings. The number of hydrogen-bond acceptors (Lipinski definition) is 8. The fourth-order valence-corrected chi connectivity index (χ4v) is 4.65. The summed E-state index contributed by atoms with van der Waals surface area (Å²) in [6.07, 6.45) is 4.51. The van der Waals surface area contributed by atoms with Gasteiger partial charge in [-0.05, 0) is 33.0 Å². The van der Waals surface area contributed by atoms with Crippen molar-refractivity contribution in [2.45, 2.75) is 37.5 Å². The van der Waals surface area contributed by atoms with Gasteiger partial charge in [-0.25, -0.2) is 0 Å². The van der Waals surface area contributed by atoms with Crippen LogP contribution in [0.2, 0.25) is 0 Å². The van der Waals surface area contributed by atoms with E-state index in [-0.39, 0.29) is 19.0 Å². The summed E-state index contributed by atoms with van der Waals surface area (Å²) in [6.45, 7) is 2.79. The fraction of sp³-hybridized carbons (Fsp3) is 0.545. The first-order chi connectivity index (χ1) is 16.4. The molecule has 34 heavy (non-hydrogen) atoms. The molecule has 10 nitrogen and oxygen atoms in total. The van der Waals surface area contributed by atoms with Crippen LogP contribution in [0.3, 0.4) is 0 Å². The Morgan fingerprint density at radius 2 is 2.00 bits per heavy atom. The van der Waals surface area contributed by atoms with E-state index in [1.807, 2.05) is 11.0 Å². The van der Waals surface area contributed by atoms with E-state index in [0.717, 1.165) is 54.8 Å². The summed E-state index contributed by atoms with van der Waals surface area (Å²) in [5, 5.41) is 2.74. The van der Waals surface area contributed by atoms with Gasteiger partial charge in [-0.15, -0.1) is 0 Å². The van der Waals surface area contributed by atoms with Crippen molar-refractivity contribution in [1.82, 2.24) is 30.2 Å². The molecule has 4 rings (SSSR count). The molecule has 2 N–H and O–H groups in total. The smallest absolute Gasteiger partial charge is 0.0216 e. The molecule has 3 radical (unpaired) electrons. The number of carbonyl (C=O) groups is 1. The second-order valence-corrected chi connectivity index (χ2v) is 11.0. The van der Waals surface area contributed by atoms with Gasteiger partial charge in [0.1, 0.15) is 0 Å². The summed E-state index contributed by atoms with van der Waals surface area (Å²) in [5.74, 6) is 1.32. The Morgan fingerprint density at radius 3 is 2.74 bits per heavy atom. The molecule has 0 saturated carbocycles. The number of halogens is 1.